The van der Waals surface area contributed by atoms with Crippen LogP contribution in [0.3, 0.4) is 0 Å². The summed E-state index contributed by atoms with van der Waals surface area (Å²) >= 11 is 0. The van der Waals surface area contributed by atoms with Crippen molar-refractivity contribution in [2.45, 2.75) is 32.4 Å². The number of carbonyl (C=O) groups is 1. The zero-order chi connectivity index (χ0) is 26.2. The molecule has 1 aromatic heterocycles. The highest BCUT2D eigenvalue weighted by atomic mass is 16.5. The zero-order valence-electron chi connectivity index (χ0n) is 21.8. The number of rotatable bonds is 7. The second-order valence-electron chi connectivity index (χ2n) is 10.3. The Morgan fingerprint density at radius 2 is 1.68 bits per heavy atom. The zero-order valence-corrected chi connectivity index (χ0v) is 21.8. The SMILES string of the molecule is CC(C)Oc1ccc(C2c3c(oc4c(ccc5ccccc54)c3=O)C(=O)N2CCCN2CCOCC2)cc1. The molecule has 0 saturated carbocycles. The first-order valence-corrected chi connectivity index (χ1v) is 13.4. The summed E-state index contributed by atoms with van der Waals surface area (Å²) in [5, 5.41) is 2.29. The lowest BCUT2D eigenvalue weighted by atomic mass is 9.97. The summed E-state index contributed by atoms with van der Waals surface area (Å²) in [6.45, 7) is 8.62. The minimum absolute atomic E-state index is 0.0551. The number of nitrogens with zero attached hydrogens (tertiary/aromatic N) is 2. The molecule has 6 rings (SSSR count). The molecule has 0 bridgehead atoms. The molecule has 7 heteroatoms. The van der Waals surface area contributed by atoms with Crippen molar-refractivity contribution < 1.29 is 18.7 Å². The van der Waals surface area contributed by atoms with Crippen LogP contribution in [-0.4, -0.2) is 61.2 Å². The molecule has 1 atom stereocenters. The second-order valence-corrected chi connectivity index (χ2v) is 10.3. The van der Waals surface area contributed by atoms with Gasteiger partial charge in [-0.25, -0.2) is 0 Å². The van der Waals surface area contributed by atoms with Gasteiger partial charge in [-0.05, 0) is 49.4 Å². The number of morpholine rings is 1. The van der Waals surface area contributed by atoms with E-state index in [4.69, 9.17) is 13.9 Å². The molecule has 2 aliphatic heterocycles. The Morgan fingerprint density at radius 1 is 0.921 bits per heavy atom. The fraction of sp³-hybridized carbons (Fsp3) is 0.355. The Hall–Kier alpha value is -3.68. The maximum atomic E-state index is 14.0. The highest BCUT2D eigenvalue weighted by Gasteiger charge is 2.42. The van der Waals surface area contributed by atoms with Gasteiger partial charge in [-0.2, -0.15) is 0 Å². The third-order valence-electron chi connectivity index (χ3n) is 7.40. The maximum absolute atomic E-state index is 14.0. The molecule has 196 valence electrons. The van der Waals surface area contributed by atoms with Gasteiger partial charge in [0.2, 0.25) is 5.76 Å². The van der Waals surface area contributed by atoms with Crippen molar-refractivity contribution >= 4 is 27.6 Å². The van der Waals surface area contributed by atoms with Gasteiger partial charge in [0, 0.05) is 31.6 Å². The third kappa shape index (κ3) is 4.46. The molecule has 2 aliphatic rings. The molecule has 1 saturated heterocycles. The summed E-state index contributed by atoms with van der Waals surface area (Å²) in [6.07, 6.45) is 0.848. The van der Waals surface area contributed by atoms with E-state index in [1.807, 2.05) is 74.5 Å². The number of benzene rings is 3. The van der Waals surface area contributed by atoms with E-state index in [2.05, 4.69) is 4.90 Å². The topological polar surface area (TPSA) is 72.2 Å². The second kappa shape index (κ2) is 10.2. The molecule has 38 heavy (non-hydrogen) atoms. The molecular weight excluding hydrogens is 480 g/mol. The minimum atomic E-state index is -0.512. The first-order chi connectivity index (χ1) is 18.5. The number of hydrogen-bond acceptors (Lipinski definition) is 6. The van der Waals surface area contributed by atoms with Crippen molar-refractivity contribution in [3.8, 4) is 5.75 Å². The highest BCUT2D eigenvalue weighted by Crippen LogP contribution is 2.39. The van der Waals surface area contributed by atoms with Crippen LogP contribution in [0.1, 0.15) is 48.0 Å². The number of carbonyl (C=O) groups excluding carboxylic acids is 1. The Labute approximate surface area is 221 Å². The number of hydrogen-bond donors (Lipinski definition) is 0. The van der Waals surface area contributed by atoms with E-state index >= 15 is 0 Å². The lowest BCUT2D eigenvalue weighted by Gasteiger charge is -2.29. The van der Waals surface area contributed by atoms with Crippen molar-refractivity contribution in [2.75, 3.05) is 39.4 Å². The molecule has 3 heterocycles. The van der Waals surface area contributed by atoms with Crippen molar-refractivity contribution in [3.63, 3.8) is 0 Å². The summed E-state index contributed by atoms with van der Waals surface area (Å²) in [5.41, 5.74) is 1.60. The van der Waals surface area contributed by atoms with E-state index in [0.29, 0.717) is 23.1 Å². The van der Waals surface area contributed by atoms with E-state index in [0.717, 1.165) is 61.4 Å². The van der Waals surface area contributed by atoms with Gasteiger partial charge in [-0.3, -0.25) is 14.5 Å². The first kappa shape index (κ1) is 24.6. The lowest BCUT2D eigenvalue weighted by molar-refractivity contribution is 0.0353. The van der Waals surface area contributed by atoms with E-state index in [9.17, 15) is 9.59 Å². The van der Waals surface area contributed by atoms with E-state index in [1.165, 1.54) is 0 Å². The Kier molecular flexibility index (Phi) is 6.64. The van der Waals surface area contributed by atoms with Crippen LogP contribution < -0.4 is 10.2 Å². The molecule has 1 amide bonds. The summed E-state index contributed by atoms with van der Waals surface area (Å²) in [4.78, 5) is 32.0. The van der Waals surface area contributed by atoms with Crippen LogP contribution in [0.4, 0.5) is 0 Å². The normalized spacial score (nSPS) is 18.0. The first-order valence-electron chi connectivity index (χ1n) is 13.4. The van der Waals surface area contributed by atoms with Gasteiger partial charge < -0.3 is 18.8 Å². The van der Waals surface area contributed by atoms with Crippen molar-refractivity contribution in [3.05, 3.63) is 87.8 Å². The minimum Gasteiger partial charge on any atom is -0.491 e. The molecule has 0 radical (unpaired) electrons. The molecular formula is C31H32N2O5. The third-order valence-corrected chi connectivity index (χ3v) is 7.40. The number of amides is 1. The standard InChI is InChI=1S/C31H32N2O5/c1-20(2)37-23-11-8-22(9-12-23)27-26-28(34)25-13-10-21-6-3-4-7-24(21)29(25)38-30(26)31(35)33(27)15-5-14-32-16-18-36-19-17-32/h3-4,6-13,20,27H,5,14-19H2,1-2H3. The predicted octanol–water partition coefficient (Wildman–Crippen LogP) is 5.00. The van der Waals surface area contributed by atoms with E-state index in [-0.39, 0.29) is 23.2 Å². The smallest absolute Gasteiger partial charge is 0.290 e. The Bertz CT molecular complexity index is 1540. The van der Waals surface area contributed by atoms with Crippen LogP contribution in [0.5, 0.6) is 5.75 Å². The van der Waals surface area contributed by atoms with Gasteiger partial charge in [-0.15, -0.1) is 0 Å². The van der Waals surface area contributed by atoms with Gasteiger partial charge in [0.25, 0.3) is 5.91 Å². The van der Waals surface area contributed by atoms with Gasteiger partial charge in [0.05, 0.1) is 36.3 Å². The molecule has 1 unspecified atom stereocenters. The van der Waals surface area contributed by atoms with Gasteiger partial charge in [0.1, 0.15) is 11.3 Å². The highest BCUT2D eigenvalue weighted by molar-refractivity contribution is 6.06. The summed E-state index contributed by atoms with van der Waals surface area (Å²) in [7, 11) is 0. The largest absolute Gasteiger partial charge is 0.491 e. The van der Waals surface area contributed by atoms with Crippen LogP contribution >= 0.6 is 0 Å². The van der Waals surface area contributed by atoms with Gasteiger partial charge >= 0.3 is 0 Å². The molecule has 1 fully saturated rings. The fourth-order valence-electron chi connectivity index (χ4n) is 5.62. The van der Waals surface area contributed by atoms with Gasteiger partial charge in [0.15, 0.2) is 5.43 Å². The lowest BCUT2D eigenvalue weighted by Crippen LogP contribution is -2.38. The average molecular weight is 513 g/mol. The quantitative estimate of drug-likeness (QED) is 0.325. The maximum Gasteiger partial charge on any atom is 0.290 e. The number of fused-ring (bicyclic) bond motifs is 4. The molecule has 0 spiro atoms. The Morgan fingerprint density at radius 3 is 2.45 bits per heavy atom. The average Bonchev–Trinajstić information content (AvgIpc) is 3.21. The Balaban J connectivity index is 1.42. The van der Waals surface area contributed by atoms with E-state index < -0.39 is 6.04 Å². The van der Waals surface area contributed by atoms with Crippen LogP contribution in [-0.2, 0) is 4.74 Å². The number of ether oxygens (including phenoxy) is 2. The van der Waals surface area contributed by atoms with Crippen LogP contribution in [0.15, 0.2) is 69.9 Å². The molecule has 0 aliphatic carbocycles. The molecule has 7 nitrogen and oxygen atoms in total. The summed E-state index contributed by atoms with van der Waals surface area (Å²) in [6, 6.07) is 18.7. The van der Waals surface area contributed by atoms with Crippen LogP contribution in [0, 0.1) is 0 Å². The predicted molar refractivity (Wildman–Crippen MR) is 147 cm³/mol. The van der Waals surface area contributed by atoms with Crippen LogP contribution in [0.2, 0.25) is 0 Å². The van der Waals surface area contributed by atoms with Crippen LogP contribution in [0.25, 0.3) is 21.7 Å². The molecule has 0 N–H and O–H groups in total. The van der Waals surface area contributed by atoms with Crippen molar-refractivity contribution in [2.24, 2.45) is 0 Å². The monoisotopic (exact) mass is 512 g/mol. The van der Waals surface area contributed by atoms with Gasteiger partial charge in [-0.1, -0.05) is 42.5 Å². The van der Waals surface area contributed by atoms with E-state index in [1.54, 1.807) is 4.90 Å². The molecule has 4 aromatic rings. The van der Waals surface area contributed by atoms with Crippen molar-refractivity contribution in [1.29, 1.82) is 0 Å². The molecule has 3 aromatic carbocycles. The summed E-state index contributed by atoms with van der Waals surface area (Å²) in [5.74, 6) is 0.670. The fourth-order valence-corrected chi connectivity index (χ4v) is 5.62. The van der Waals surface area contributed by atoms with Crippen molar-refractivity contribution in [1.82, 2.24) is 9.80 Å². The summed E-state index contributed by atoms with van der Waals surface area (Å²) < 4.78 is 17.6.